The average Bonchev–Trinajstić information content (AvgIpc) is 3.21. The van der Waals surface area contributed by atoms with E-state index in [2.05, 4.69) is 11.4 Å². The summed E-state index contributed by atoms with van der Waals surface area (Å²) in [5.41, 5.74) is 4.52. The van der Waals surface area contributed by atoms with E-state index in [1.807, 2.05) is 35.2 Å². The predicted octanol–water partition coefficient (Wildman–Crippen LogP) is 6.21. The van der Waals surface area contributed by atoms with E-state index in [1.54, 1.807) is 50.4 Å². The summed E-state index contributed by atoms with van der Waals surface area (Å²) in [5, 5.41) is 3.04. The molecule has 1 N–H and O–H groups in total. The molecule has 3 aromatic rings. The Morgan fingerprint density at radius 1 is 1.00 bits per heavy atom. The molecule has 196 valence electrons. The van der Waals surface area contributed by atoms with Crippen LogP contribution >= 0.6 is 0 Å². The minimum Gasteiger partial charge on any atom is -0.497 e. The number of hydrogen-bond donors (Lipinski definition) is 1. The maximum atomic E-state index is 15.2. The topological polar surface area (TPSA) is 67.9 Å². The Bertz CT molecular complexity index is 1350. The summed E-state index contributed by atoms with van der Waals surface area (Å²) in [6.07, 6.45) is 4.63. The van der Waals surface area contributed by atoms with E-state index in [4.69, 9.17) is 9.47 Å². The molecule has 2 bridgehead atoms. The minimum atomic E-state index is -0.391. The number of methoxy groups -OCH3 is 1. The average molecular weight is 515 g/mol. The maximum absolute atomic E-state index is 15.2. The number of ether oxygens (including phenoxy) is 2. The highest BCUT2D eigenvalue weighted by atomic mass is 19.1. The summed E-state index contributed by atoms with van der Waals surface area (Å²) in [4.78, 5) is 26.9. The van der Waals surface area contributed by atoms with Gasteiger partial charge in [-0.1, -0.05) is 42.5 Å². The van der Waals surface area contributed by atoms with E-state index in [-0.39, 0.29) is 23.9 Å². The standard InChI is InChI=1S/C31H31FN2O4/c1-3-38-30(35)22-8-6-21(7-9-22)28-15-10-23(18-29(28)32)24-16-25-11-12-26(17-24)34(25)31(36)33-19-20-4-13-27(37-2)14-5-20/h4-10,13-16,18,25-26H,3,11-12,17,19H2,1-2H3,(H,33,36). The van der Waals surface area contributed by atoms with Gasteiger partial charge in [0, 0.05) is 18.2 Å². The molecule has 0 aliphatic carbocycles. The van der Waals surface area contributed by atoms with Crippen molar-refractivity contribution in [2.75, 3.05) is 13.7 Å². The van der Waals surface area contributed by atoms with Crippen LogP contribution in [0.15, 0.2) is 72.8 Å². The van der Waals surface area contributed by atoms with Gasteiger partial charge in [0.1, 0.15) is 11.6 Å². The number of urea groups is 1. The van der Waals surface area contributed by atoms with Crippen molar-refractivity contribution in [3.63, 3.8) is 0 Å². The predicted molar refractivity (Wildman–Crippen MR) is 144 cm³/mol. The fourth-order valence-corrected chi connectivity index (χ4v) is 5.32. The van der Waals surface area contributed by atoms with Gasteiger partial charge in [0.15, 0.2) is 0 Å². The largest absolute Gasteiger partial charge is 0.497 e. The number of carbonyl (C=O) groups excluding carboxylic acids is 2. The van der Waals surface area contributed by atoms with Crippen LogP contribution in [-0.4, -0.2) is 42.7 Å². The zero-order valence-electron chi connectivity index (χ0n) is 21.6. The van der Waals surface area contributed by atoms with Crippen LogP contribution in [0.4, 0.5) is 9.18 Å². The number of amides is 2. The Kier molecular flexibility index (Phi) is 7.45. The van der Waals surface area contributed by atoms with E-state index in [9.17, 15) is 9.59 Å². The fraction of sp³-hybridized carbons (Fsp3) is 0.290. The van der Waals surface area contributed by atoms with Gasteiger partial charge in [-0.25, -0.2) is 14.0 Å². The van der Waals surface area contributed by atoms with Crippen molar-refractivity contribution in [1.82, 2.24) is 10.2 Å². The SMILES string of the molecule is CCOC(=O)c1ccc(-c2ccc(C3=CC4CCC(C3)N4C(=O)NCc3ccc(OC)cc3)cc2F)cc1. The third-order valence-electron chi connectivity index (χ3n) is 7.28. The number of esters is 1. The summed E-state index contributed by atoms with van der Waals surface area (Å²) in [7, 11) is 1.63. The first kappa shape index (κ1) is 25.5. The number of carbonyl (C=O) groups is 2. The molecule has 2 amide bonds. The molecule has 1 fully saturated rings. The molecule has 2 heterocycles. The molecule has 3 aromatic carbocycles. The monoisotopic (exact) mass is 514 g/mol. The van der Waals surface area contributed by atoms with Crippen molar-refractivity contribution in [3.8, 4) is 16.9 Å². The molecular formula is C31H31FN2O4. The van der Waals surface area contributed by atoms with Crippen LogP contribution in [0.5, 0.6) is 5.75 Å². The van der Waals surface area contributed by atoms with Crippen LogP contribution in [0, 0.1) is 5.82 Å². The minimum absolute atomic E-state index is 0.00206. The van der Waals surface area contributed by atoms with Gasteiger partial charge in [-0.05, 0) is 78.8 Å². The molecule has 0 saturated carbocycles. The Morgan fingerprint density at radius 2 is 1.74 bits per heavy atom. The first-order valence-electron chi connectivity index (χ1n) is 12.9. The quantitative estimate of drug-likeness (QED) is 0.381. The van der Waals surface area contributed by atoms with Gasteiger partial charge in [-0.15, -0.1) is 0 Å². The van der Waals surface area contributed by atoms with Crippen LogP contribution in [0.2, 0.25) is 0 Å². The van der Waals surface area contributed by atoms with Gasteiger partial charge in [-0.3, -0.25) is 0 Å². The highest BCUT2D eigenvalue weighted by molar-refractivity contribution is 5.90. The molecule has 6 nitrogen and oxygen atoms in total. The highest BCUT2D eigenvalue weighted by Crippen LogP contribution is 2.39. The number of rotatable bonds is 7. The summed E-state index contributed by atoms with van der Waals surface area (Å²) in [6.45, 7) is 2.51. The van der Waals surface area contributed by atoms with Crippen molar-refractivity contribution < 1.29 is 23.5 Å². The molecule has 2 unspecified atom stereocenters. The fourth-order valence-electron chi connectivity index (χ4n) is 5.32. The van der Waals surface area contributed by atoms with Crippen molar-refractivity contribution >= 4 is 17.6 Å². The second-order valence-corrected chi connectivity index (χ2v) is 9.60. The lowest BCUT2D eigenvalue weighted by Crippen LogP contribution is -2.48. The molecule has 1 saturated heterocycles. The number of nitrogens with one attached hydrogen (secondary N) is 1. The Balaban J connectivity index is 1.26. The molecule has 0 aromatic heterocycles. The highest BCUT2D eigenvalue weighted by Gasteiger charge is 2.39. The van der Waals surface area contributed by atoms with E-state index >= 15 is 4.39 Å². The second kappa shape index (κ2) is 11.1. The zero-order valence-corrected chi connectivity index (χ0v) is 21.6. The lowest BCUT2D eigenvalue weighted by Gasteiger charge is -2.34. The normalized spacial score (nSPS) is 18.1. The third-order valence-corrected chi connectivity index (χ3v) is 7.28. The molecule has 2 aliphatic rings. The molecular weight excluding hydrogens is 483 g/mol. The van der Waals surface area contributed by atoms with Gasteiger partial charge >= 0.3 is 12.0 Å². The summed E-state index contributed by atoms with van der Waals surface area (Å²) in [6, 6.07) is 19.7. The maximum Gasteiger partial charge on any atom is 0.338 e. The van der Waals surface area contributed by atoms with Crippen molar-refractivity contribution in [2.24, 2.45) is 0 Å². The van der Waals surface area contributed by atoms with Crippen molar-refractivity contribution in [1.29, 1.82) is 0 Å². The second-order valence-electron chi connectivity index (χ2n) is 9.60. The molecule has 0 spiro atoms. The first-order valence-corrected chi connectivity index (χ1v) is 12.9. The number of fused-ring (bicyclic) bond motifs is 2. The lowest BCUT2D eigenvalue weighted by molar-refractivity contribution is 0.0526. The number of halogens is 1. The Hall–Kier alpha value is -4.13. The van der Waals surface area contributed by atoms with Crippen LogP contribution in [-0.2, 0) is 11.3 Å². The van der Waals surface area contributed by atoms with E-state index < -0.39 is 5.97 Å². The molecule has 2 aliphatic heterocycles. The molecule has 38 heavy (non-hydrogen) atoms. The Labute approximate surface area is 222 Å². The zero-order chi connectivity index (χ0) is 26.6. The number of nitrogens with zero attached hydrogens (tertiary/aromatic N) is 1. The van der Waals surface area contributed by atoms with Gasteiger partial charge in [0.2, 0.25) is 0 Å². The molecule has 2 atom stereocenters. The van der Waals surface area contributed by atoms with Gasteiger partial charge in [0.05, 0.1) is 25.3 Å². The number of hydrogen-bond acceptors (Lipinski definition) is 4. The Morgan fingerprint density at radius 3 is 2.39 bits per heavy atom. The van der Waals surface area contributed by atoms with Crippen LogP contribution in [0.3, 0.4) is 0 Å². The summed E-state index contributed by atoms with van der Waals surface area (Å²) < 4.78 is 25.4. The molecule has 7 heteroatoms. The van der Waals surface area contributed by atoms with E-state index in [0.29, 0.717) is 36.3 Å². The summed E-state index contributed by atoms with van der Waals surface area (Å²) in [5.74, 6) is 0.0692. The van der Waals surface area contributed by atoms with Gasteiger partial charge < -0.3 is 19.7 Å². The van der Waals surface area contributed by atoms with Crippen molar-refractivity contribution in [2.45, 2.75) is 44.8 Å². The molecule has 0 radical (unpaired) electrons. The third kappa shape index (κ3) is 5.28. The number of benzene rings is 3. The van der Waals surface area contributed by atoms with E-state index in [1.165, 1.54) is 0 Å². The van der Waals surface area contributed by atoms with Crippen LogP contribution in [0.25, 0.3) is 16.7 Å². The van der Waals surface area contributed by atoms with Crippen molar-refractivity contribution in [3.05, 3.63) is 95.3 Å². The van der Waals surface area contributed by atoms with E-state index in [0.717, 1.165) is 35.3 Å². The van der Waals surface area contributed by atoms with Gasteiger partial charge in [-0.2, -0.15) is 0 Å². The van der Waals surface area contributed by atoms with Crippen LogP contribution < -0.4 is 10.1 Å². The summed E-state index contributed by atoms with van der Waals surface area (Å²) >= 11 is 0. The first-order chi connectivity index (χ1) is 18.5. The molecule has 5 rings (SSSR count). The smallest absolute Gasteiger partial charge is 0.338 e. The van der Waals surface area contributed by atoms with Gasteiger partial charge in [0.25, 0.3) is 0 Å². The van der Waals surface area contributed by atoms with Crippen LogP contribution in [0.1, 0.15) is 47.7 Å². The lowest BCUT2D eigenvalue weighted by atomic mass is 9.93.